The minimum atomic E-state index is -0.426. The molecule has 0 atom stereocenters. The summed E-state index contributed by atoms with van der Waals surface area (Å²) in [5, 5.41) is 0.924. The van der Waals surface area contributed by atoms with Crippen LogP contribution in [-0.4, -0.2) is 10.9 Å². The molecule has 106 valence electrons. The SMILES string of the molecule is Cc1cc(OCc2nc3ccccc3s2)ccc1C(N)=O. The summed E-state index contributed by atoms with van der Waals surface area (Å²) < 4.78 is 6.88. The third-order valence-corrected chi connectivity index (χ3v) is 4.17. The number of thiazole rings is 1. The van der Waals surface area contributed by atoms with E-state index in [1.807, 2.05) is 37.3 Å². The number of nitrogens with zero attached hydrogens (tertiary/aromatic N) is 1. The number of nitrogens with two attached hydrogens (primary N) is 1. The largest absolute Gasteiger partial charge is 0.486 e. The molecule has 1 heterocycles. The molecule has 4 nitrogen and oxygen atoms in total. The Morgan fingerprint density at radius 3 is 2.81 bits per heavy atom. The van der Waals surface area contributed by atoms with E-state index in [1.165, 1.54) is 0 Å². The molecule has 0 spiro atoms. The first kappa shape index (κ1) is 13.6. The van der Waals surface area contributed by atoms with E-state index in [4.69, 9.17) is 10.5 Å². The van der Waals surface area contributed by atoms with Gasteiger partial charge in [-0.05, 0) is 42.8 Å². The van der Waals surface area contributed by atoms with Crippen LogP contribution in [0.15, 0.2) is 42.5 Å². The molecule has 2 N–H and O–H groups in total. The van der Waals surface area contributed by atoms with Crippen molar-refractivity contribution < 1.29 is 9.53 Å². The molecule has 2 aromatic carbocycles. The normalized spacial score (nSPS) is 10.7. The maximum Gasteiger partial charge on any atom is 0.248 e. The highest BCUT2D eigenvalue weighted by molar-refractivity contribution is 7.18. The number of primary amides is 1. The van der Waals surface area contributed by atoms with Crippen molar-refractivity contribution in [2.45, 2.75) is 13.5 Å². The molecule has 0 aliphatic carbocycles. The third kappa shape index (κ3) is 2.87. The van der Waals surface area contributed by atoms with Gasteiger partial charge in [0.2, 0.25) is 5.91 Å². The Balaban J connectivity index is 1.75. The molecule has 0 bridgehead atoms. The van der Waals surface area contributed by atoms with Gasteiger partial charge < -0.3 is 10.5 Å². The first-order chi connectivity index (χ1) is 10.1. The van der Waals surface area contributed by atoms with Crippen molar-refractivity contribution in [3.05, 3.63) is 58.6 Å². The topological polar surface area (TPSA) is 65.2 Å². The van der Waals surface area contributed by atoms with Crippen LogP contribution < -0.4 is 10.5 Å². The Hall–Kier alpha value is -2.40. The maximum atomic E-state index is 11.2. The summed E-state index contributed by atoms with van der Waals surface area (Å²) >= 11 is 1.62. The second-order valence-corrected chi connectivity index (χ2v) is 5.82. The third-order valence-electron chi connectivity index (χ3n) is 3.16. The van der Waals surface area contributed by atoms with Gasteiger partial charge in [0.25, 0.3) is 0 Å². The highest BCUT2D eigenvalue weighted by Crippen LogP contribution is 2.23. The Labute approximate surface area is 126 Å². The number of amides is 1. The second-order valence-electron chi connectivity index (χ2n) is 4.70. The molecule has 0 radical (unpaired) electrons. The average Bonchev–Trinajstić information content (AvgIpc) is 2.87. The summed E-state index contributed by atoms with van der Waals surface area (Å²) in [6.45, 7) is 2.25. The first-order valence-electron chi connectivity index (χ1n) is 6.51. The molecule has 0 unspecified atom stereocenters. The smallest absolute Gasteiger partial charge is 0.248 e. The Bertz CT molecular complexity index is 778. The van der Waals surface area contributed by atoms with E-state index in [-0.39, 0.29) is 0 Å². The number of hydrogen-bond acceptors (Lipinski definition) is 4. The van der Waals surface area contributed by atoms with E-state index in [2.05, 4.69) is 4.98 Å². The highest BCUT2D eigenvalue weighted by atomic mass is 32.1. The fourth-order valence-corrected chi connectivity index (χ4v) is 3.01. The zero-order valence-corrected chi connectivity index (χ0v) is 12.3. The van der Waals surface area contributed by atoms with Gasteiger partial charge in [0.15, 0.2) is 0 Å². The van der Waals surface area contributed by atoms with Crippen molar-refractivity contribution in [2.24, 2.45) is 5.73 Å². The van der Waals surface area contributed by atoms with E-state index in [9.17, 15) is 4.79 Å². The number of carbonyl (C=O) groups is 1. The summed E-state index contributed by atoms with van der Waals surface area (Å²) in [5.41, 5.74) is 7.60. The van der Waals surface area contributed by atoms with Crippen LogP contribution in [0.3, 0.4) is 0 Å². The summed E-state index contributed by atoms with van der Waals surface area (Å²) in [6.07, 6.45) is 0. The number of benzene rings is 2. The number of rotatable bonds is 4. The van der Waals surface area contributed by atoms with Crippen LogP contribution >= 0.6 is 11.3 Å². The lowest BCUT2D eigenvalue weighted by Crippen LogP contribution is -2.12. The molecule has 3 aromatic rings. The van der Waals surface area contributed by atoms with Crippen LogP contribution in [0.5, 0.6) is 5.75 Å². The molecule has 0 saturated heterocycles. The molecule has 1 amide bonds. The Morgan fingerprint density at radius 2 is 2.10 bits per heavy atom. The van der Waals surface area contributed by atoms with Crippen molar-refractivity contribution in [3.63, 3.8) is 0 Å². The quantitative estimate of drug-likeness (QED) is 0.804. The second kappa shape index (κ2) is 5.54. The van der Waals surface area contributed by atoms with Crippen LogP contribution in [0.1, 0.15) is 20.9 Å². The molecule has 0 saturated carbocycles. The lowest BCUT2D eigenvalue weighted by Gasteiger charge is -2.07. The molecule has 3 rings (SSSR count). The lowest BCUT2D eigenvalue weighted by molar-refractivity contribution is 0.0999. The number of aryl methyl sites for hydroxylation is 1. The maximum absolute atomic E-state index is 11.2. The number of fused-ring (bicyclic) bond motifs is 1. The molecule has 5 heteroatoms. The number of ether oxygens (including phenoxy) is 1. The molecule has 21 heavy (non-hydrogen) atoms. The van der Waals surface area contributed by atoms with Crippen LogP contribution in [-0.2, 0) is 6.61 Å². The summed E-state index contributed by atoms with van der Waals surface area (Å²) in [4.78, 5) is 15.7. The van der Waals surface area contributed by atoms with E-state index in [1.54, 1.807) is 23.5 Å². The van der Waals surface area contributed by atoms with Crippen molar-refractivity contribution >= 4 is 27.5 Å². The van der Waals surface area contributed by atoms with Crippen LogP contribution in [0.2, 0.25) is 0 Å². The highest BCUT2D eigenvalue weighted by Gasteiger charge is 2.07. The van der Waals surface area contributed by atoms with Gasteiger partial charge in [-0.2, -0.15) is 0 Å². The van der Waals surface area contributed by atoms with Crippen molar-refractivity contribution in [1.29, 1.82) is 0 Å². The van der Waals surface area contributed by atoms with Gasteiger partial charge >= 0.3 is 0 Å². The monoisotopic (exact) mass is 298 g/mol. The number of hydrogen-bond donors (Lipinski definition) is 1. The van der Waals surface area contributed by atoms with Gasteiger partial charge in [-0.1, -0.05) is 12.1 Å². The number of para-hydroxylation sites is 1. The number of carbonyl (C=O) groups excluding carboxylic acids is 1. The molecular formula is C16H14N2O2S. The fourth-order valence-electron chi connectivity index (χ4n) is 2.13. The fraction of sp³-hybridized carbons (Fsp3) is 0.125. The van der Waals surface area contributed by atoms with E-state index in [0.717, 1.165) is 20.8 Å². The van der Waals surface area contributed by atoms with Crippen LogP contribution in [0.4, 0.5) is 0 Å². The summed E-state index contributed by atoms with van der Waals surface area (Å²) in [6, 6.07) is 13.2. The minimum Gasteiger partial charge on any atom is -0.486 e. The predicted molar refractivity (Wildman–Crippen MR) is 83.6 cm³/mol. The molecule has 0 aliphatic rings. The minimum absolute atomic E-state index is 0.411. The van der Waals surface area contributed by atoms with Crippen molar-refractivity contribution in [1.82, 2.24) is 4.98 Å². The Morgan fingerprint density at radius 1 is 1.29 bits per heavy atom. The van der Waals surface area contributed by atoms with Crippen molar-refractivity contribution in [2.75, 3.05) is 0 Å². The van der Waals surface area contributed by atoms with Gasteiger partial charge in [-0.3, -0.25) is 4.79 Å². The van der Waals surface area contributed by atoms with Gasteiger partial charge in [0, 0.05) is 5.56 Å². The summed E-state index contributed by atoms with van der Waals surface area (Å²) in [7, 11) is 0. The van der Waals surface area contributed by atoms with E-state index >= 15 is 0 Å². The lowest BCUT2D eigenvalue weighted by atomic mass is 10.1. The molecule has 1 aromatic heterocycles. The van der Waals surface area contributed by atoms with Crippen LogP contribution in [0, 0.1) is 6.92 Å². The van der Waals surface area contributed by atoms with E-state index in [0.29, 0.717) is 17.9 Å². The predicted octanol–water partition coefficient (Wildman–Crippen LogP) is 3.28. The number of aromatic nitrogens is 1. The molecule has 0 aliphatic heterocycles. The zero-order chi connectivity index (χ0) is 14.8. The Kier molecular flexibility index (Phi) is 3.58. The molecule has 0 fully saturated rings. The van der Waals surface area contributed by atoms with Crippen molar-refractivity contribution in [3.8, 4) is 5.75 Å². The van der Waals surface area contributed by atoms with Gasteiger partial charge in [-0.25, -0.2) is 4.98 Å². The van der Waals surface area contributed by atoms with Gasteiger partial charge in [0.1, 0.15) is 17.4 Å². The van der Waals surface area contributed by atoms with Gasteiger partial charge in [0.05, 0.1) is 10.2 Å². The van der Waals surface area contributed by atoms with Crippen LogP contribution in [0.25, 0.3) is 10.2 Å². The standard InChI is InChI=1S/C16H14N2O2S/c1-10-8-11(6-7-12(10)16(17)19)20-9-15-18-13-4-2-3-5-14(13)21-15/h2-8H,9H2,1H3,(H2,17,19). The zero-order valence-electron chi connectivity index (χ0n) is 11.5. The van der Waals surface area contributed by atoms with E-state index < -0.39 is 5.91 Å². The average molecular weight is 298 g/mol. The van der Waals surface area contributed by atoms with Gasteiger partial charge in [-0.15, -0.1) is 11.3 Å². The first-order valence-corrected chi connectivity index (χ1v) is 7.33. The molecular weight excluding hydrogens is 284 g/mol. The summed E-state index contributed by atoms with van der Waals surface area (Å²) in [5.74, 6) is 0.280.